The van der Waals surface area contributed by atoms with E-state index < -0.39 is 36.7 Å². The number of nitrogens with two attached hydrogens (primary N) is 2. The van der Waals surface area contributed by atoms with E-state index in [0.717, 1.165) is 31.3 Å². The predicted molar refractivity (Wildman–Crippen MR) is 141 cm³/mol. The predicted octanol–water partition coefficient (Wildman–Crippen LogP) is -2.27. The first-order chi connectivity index (χ1) is 17.1. The van der Waals surface area contributed by atoms with E-state index in [2.05, 4.69) is 6.92 Å². The van der Waals surface area contributed by atoms with Gasteiger partial charge < -0.3 is 41.5 Å². The van der Waals surface area contributed by atoms with Crippen molar-refractivity contribution in [3.8, 4) is 0 Å². The minimum atomic E-state index is -4.84. The van der Waals surface area contributed by atoms with Gasteiger partial charge in [0.15, 0.2) is 11.6 Å². The molecule has 10 nitrogen and oxygen atoms in total. The zero-order valence-corrected chi connectivity index (χ0v) is 29.1. The van der Waals surface area contributed by atoms with E-state index in [4.69, 9.17) is 16.4 Å². The molecule has 0 aliphatic heterocycles. The molecular formula is C27H46N2NaO8PPt. The molecule has 0 aromatic rings. The molecule has 6 unspecified atom stereocenters. The SMILES string of the molecule is C[C@]12CCC(=O)C=C1CCC1C2[C@H](O)C[C@@]2(C)C1CC[C@]2(O)C(=O)CP(=O)([O-])O.NC1CCCCC1N.O.[Na+].[Pt]. The number of hydrogen-bond donors (Lipinski definition) is 5. The molecule has 40 heavy (non-hydrogen) atoms. The van der Waals surface area contributed by atoms with E-state index in [1.54, 1.807) is 13.0 Å². The molecule has 0 aromatic carbocycles. The van der Waals surface area contributed by atoms with Crippen LogP contribution in [0.4, 0.5) is 0 Å². The van der Waals surface area contributed by atoms with Gasteiger partial charge in [0.05, 0.1) is 12.3 Å². The second kappa shape index (κ2) is 14.2. The maximum Gasteiger partial charge on any atom is 1.00 e. The molecule has 0 spiro atoms. The third kappa shape index (κ3) is 7.16. The van der Waals surface area contributed by atoms with Gasteiger partial charge in [-0.05, 0) is 80.6 Å². The number of fused-ring (bicyclic) bond motifs is 5. The molecule has 9 N–H and O–H groups in total. The Morgan fingerprint density at radius 3 is 2.20 bits per heavy atom. The third-order valence-electron chi connectivity index (χ3n) is 10.7. The number of carbonyl (C=O) groups is 2. The fraction of sp³-hybridized carbons (Fsp3) is 0.852. The molecule has 5 rings (SSSR count). The van der Waals surface area contributed by atoms with E-state index in [1.807, 2.05) is 0 Å². The number of rotatable bonds is 3. The molecule has 228 valence electrons. The fourth-order valence-corrected chi connectivity index (χ4v) is 9.28. The van der Waals surface area contributed by atoms with Crippen molar-refractivity contribution in [1.29, 1.82) is 0 Å². The molecule has 13 heteroatoms. The number of ketones is 2. The molecular weight excluding hydrogens is 729 g/mol. The fourth-order valence-electron chi connectivity index (χ4n) is 8.65. The molecule has 0 amide bonds. The largest absolute Gasteiger partial charge is 1.00 e. The number of aliphatic hydroxyl groups is 2. The van der Waals surface area contributed by atoms with Crippen molar-refractivity contribution in [3.63, 3.8) is 0 Å². The van der Waals surface area contributed by atoms with Gasteiger partial charge >= 0.3 is 29.6 Å². The number of aliphatic hydroxyl groups excluding tert-OH is 1. The Balaban J connectivity index is 0.000000632. The Bertz CT molecular complexity index is 1000. The van der Waals surface area contributed by atoms with Gasteiger partial charge in [-0.1, -0.05) is 32.3 Å². The standard InChI is InChI=1S/C21H31O7P.C6H14N2.Na.H2O.Pt/c1-19-7-5-13(22)9-12(19)3-4-14-15-6-8-21(25,17(24)11-29(26,27)28)20(15,2)10-16(23)18(14)19;7-5-3-1-2-4-6(5)8;;;/h9,14-16,18,23,25H,3-8,10-11H2,1-2H3,(H2,26,27,28);5-6H,1-4,7-8H2;;1H2;/q;;+1;;/p-1/t14?,15?,16-,18?,19+,20+,21+;;;;/m1..../s1. The summed E-state index contributed by atoms with van der Waals surface area (Å²) in [7, 11) is -4.84. The minimum absolute atomic E-state index is 0. The Kier molecular flexibility index (Phi) is 13.8. The summed E-state index contributed by atoms with van der Waals surface area (Å²) in [5, 5.41) is 22.6. The number of hydrogen-bond acceptors (Lipinski definition) is 8. The molecule has 4 fully saturated rings. The molecule has 5 aliphatic carbocycles. The Morgan fingerprint density at radius 1 is 1.10 bits per heavy atom. The van der Waals surface area contributed by atoms with Crippen molar-refractivity contribution in [2.45, 2.75) is 108 Å². The second-order valence-corrected chi connectivity index (χ2v) is 14.4. The van der Waals surface area contributed by atoms with E-state index in [9.17, 15) is 29.3 Å². The van der Waals surface area contributed by atoms with E-state index >= 15 is 0 Å². The van der Waals surface area contributed by atoms with Crippen LogP contribution in [0.1, 0.15) is 84.5 Å². The van der Waals surface area contributed by atoms with Gasteiger partial charge in [-0.3, -0.25) is 9.59 Å². The van der Waals surface area contributed by atoms with Gasteiger partial charge in [-0.15, -0.1) is 0 Å². The zero-order valence-electron chi connectivity index (χ0n) is 23.9. The van der Waals surface area contributed by atoms with Crippen LogP contribution in [-0.2, 0) is 35.2 Å². The summed E-state index contributed by atoms with van der Waals surface area (Å²) in [4.78, 5) is 45.1. The van der Waals surface area contributed by atoms with Crippen LogP contribution < -0.4 is 45.9 Å². The van der Waals surface area contributed by atoms with E-state index in [0.29, 0.717) is 19.3 Å². The van der Waals surface area contributed by atoms with Crippen molar-refractivity contribution in [2.75, 3.05) is 6.16 Å². The topological polar surface area (TPSA) is 218 Å². The summed E-state index contributed by atoms with van der Waals surface area (Å²) in [6.45, 7) is 3.91. The molecule has 4 saturated carbocycles. The van der Waals surface area contributed by atoms with Crippen LogP contribution in [0.2, 0.25) is 0 Å². The zero-order chi connectivity index (χ0) is 27.4. The maximum atomic E-state index is 12.7. The number of carbonyl (C=O) groups excluding carboxylic acids is 2. The molecule has 0 heterocycles. The molecule has 5 aliphatic rings. The molecule has 0 saturated heterocycles. The van der Waals surface area contributed by atoms with Crippen molar-refractivity contribution >= 4 is 19.2 Å². The van der Waals surface area contributed by atoms with Gasteiger partial charge in [0.1, 0.15) is 13.2 Å². The summed E-state index contributed by atoms with van der Waals surface area (Å²) in [6.07, 6.45) is 8.35. The van der Waals surface area contributed by atoms with Gasteiger partial charge in [-0.25, -0.2) is 0 Å². The number of Topliss-reactive ketones (excluding diaryl/α,β-unsaturated/α-hetero) is 1. The number of allylic oxidation sites excluding steroid dienone is 1. The molecule has 0 aromatic heterocycles. The summed E-state index contributed by atoms with van der Waals surface area (Å²) in [5.74, 6) is -0.716. The first-order valence-electron chi connectivity index (χ1n) is 13.8. The van der Waals surface area contributed by atoms with Gasteiger partial charge in [0.25, 0.3) is 0 Å². The molecule has 0 radical (unpaired) electrons. The van der Waals surface area contributed by atoms with Crippen LogP contribution in [-0.4, -0.2) is 62.1 Å². The van der Waals surface area contributed by atoms with Crippen molar-refractivity contribution in [3.05, 3.63) is 11.6 Å². The van der Waals surface area contributed by atoms with Crippen LogP contribution in [0.3, 0.4) is 0 Å². The monoisotopic (exact) mass is 775 g/mol. The first kappa shape index (κ1) is 38.7. The summed E-state index contributed by atoms with van der Waals surface area (Å²) in [5.41, 5.74) is 9.34. The molecule has 0 bridgehead atoms. The summed E-state index contributed by atoms with van der Waals surface area (Å²) < 4.78 is 11.3. The maximum absolute atomic E-state index is 12.7. The Labute approximate surface area is 273 Å². The van der Waals surface area contributed by atoms with Crippen molar-refractivity contribution in [2.24, 2.45) is 40.1 Å². The van der Waals surface area contributed by atoms with Crippen molar-refractivity contribution in [1.82, 2.24) is 0 Å². The van der Waals surface area contributed by atoms with Crippen LogP contribution in [0.5, 0.6) is 0 Å². The van der Waals surface area contributed by atoms with Crippen molar-refractivity contribution < 1.29 is 90.3 Å². The minimum Gasteiger partial charge on any atom is -0.778 e. The molecule has 10 atom stereocenters. The van der Waals surface area contributed by atoms with Gasteiger partial charge in [0.2, 0.25) is 0 Å². The normalized spacial score (nSPS) is 43.3. The third-order valence-corrected chi connectivity index (χ3v) is 11.4. The summed E-state index contributed by atoms with van der Waals surface area (Å²) in [6, 6.07) is 0.562. The summed E-state index contributed by atoms with van der Waals surface area (Å²) >= 11 is 0. The van der Waals surface area contributed by atoms with Crippen LogP contribution in [0.15, 0.2) is 11.6 Å². The smallest absolute Gasteiger partial charge is 0.778 e. The average molecular weight is 776 g/mol. The quantitative estimate of drug-likeness (QED) is 0.154. The van der Waals surface area contributed by atoms with Crippen LogP contribution in [0.25, 0.3) is 0 Å². The first-order valence-corrected chi connectivity index (χ1v) is 15.6. The van der Waals surface area contributed by atoms with Gasteiger partial charge in [0, 0.05) is 45.0 Å². The Morgan fingerprint density at radius 2 is 1.68 bits per heavy atom. The second-order valence-electron chi connectivity index (χ2n) is 12.8. The Hall–Kier alpha value is 0.718. The van der Waals surface area contributed by atoms with E-state index in [1.165, 1.54) is 12.8 Å². The van der Waals surface area contributed by atoms with Crippen LogP contribution >= 0.6 is 7.60 Å². The van der Waals surface area contributed by atoms with Gasteiger partial charge in [-0.2, -0.15) is 0 Å². The van der Waals surface area contributed by atoms with Crippen LogP contribution in [0, 0.1) is 28.6 Å². The van der Waals surface area contributed by atoms with E-state index in [-0.39, 0.29) is 110 Å². The average Bonchev–Trinajstić information content (AvgIpc) is 3.07.